The predicted molar refractivity (Wildman–Crippen MR) is 131 cm³/mol. The molecule has 2 aromatic carbocycles. The molecule has 0 aliphatic carbocycles. The summed E-state index contributed by atoms with van der Waals surface area (Å²) in [6, 6.07) is 17.6. The lowest BCUT2D eigenvalue weighted by Crippen LogP contribution is -2.50. The number of hydrogen-bond donors (Lipinski definition) is 2. The van der Waals surface area contributed by atoms with Crippen LogP contribution in [0.5, 0.6) is 11.5 Å². The van der Waals surface area contributed by atoms with Crippen molar-refractivity contribution < 1.29 is 19.1 Å². The Bertz CT molecular complexity index is 1070. The second-order valence-electron chi connectivity index (χ2n) is 8.05. The quantitative estimate of drug-likeness (QED) is 0.448. The Morgan fingerprint density at radius 3 is 2.38 bits per heavy atom. The fourth-order valence-corrected chi connectivity index (χ4v) is 3.40. The first-order chi connectivity index (χ1) is 16.5. The Morgan fingerprint density at radius 1 is 0.971 bits per heavy atom. The van der Waals surface area contributed by atoms with Gasteiger partial charge in [0.2, 0.25) is 5.91 Å². The van der Waals surface area contributed by atoms with Crippen molar-refractivity contribution in [3.8, 4) is 11.5 Å². The molecule has 7 heteroatoms. The van der Waals surface area contributed by atoms with Gasteiger partial charge in [0.1, 0.15) is 12.6 Å². The van der Waals surface area contributed by atoms with Gasteiger partial charge in [-0.1, -0.05) is 44.5 Å². The van der Waals surface area contributed by atoms with Crippen LogP contribution in [0.3, 0.4) is 0 Å². The number of amides is 2. The SMILES string of the molecule is CCC(C)C(NC(=O)c1ccccc1)C(=O)NCc1ccc(OCc2ccncc2)c(OC)c1. The molecular weight excluding hydrogens is 430 g/mol. The number of pyridine rings is 1. The Balaban J connectivity index is 1.62. The Kier molecular flexibility index (Phi) is 9.03. The van der Waals surface area contributed by atoms with E-state index in [2.05, 4.69) is 15.6 Å². The van der Waals surface area contributed by atoms with E-state index in [0.29, 0.717) is 30.2 Å². The summed E-state index contributed by atoms with van der Waals surface area (Å²) in [5, 5.41) is 5.83. The lowest BCUT2D eigenvalue weighted by Gasteiger charge is -2.23. The minimum Gasteiger partial charge on any atom is -0.493 e. The van der Waals surface area contributed by atoms with E-state index in [0.717, 1.165) is 17.5 Å². The van der Waals surface area contributed by atoms with Crippen LogP contribution in [-0.4, -0.2) is 29.9 Å². The highest BCUT2D eigenvalue weighted by Crippen LogP contribution is 2.29. The van der Waals surface area contributed by atoms with Crippen LogP contribution in [0.2, 0.25) is 0 Å². The molecule has 1 aromatic heterocycles. The van der Waals surface area contributed by atoms with Crippen LogP contribution in [-0.2, 0) is 17.9 Å². The van der Waals surface area contributed by atoms with Gasteiger partial charge in [-0.3, -0.25) is 14.6 Å². The summed E-state index contributed by atoms with van der Waals surface area (Å²) in [4.78, 5) is 29.6. The van der Waals surface area contributed by atoms with Gasteiger partial charge in [0.25, 0.3) is 5.91 Å². The average molecular weight is 462 g/mol. The van der Waals surface area contributed by atoms with Crippen LogP contribution < -0.4 is 20.1 Å². The van der Waals surface area contributed by atoms with E-state index in [-0.39, 0.29) is 17.7 Å². The maximum Gasteiger partial charge on any atom is 0.251 e. The lowest BCUT2D eigenvalue weighted by molar-refractivity contribution is -0.124. The van der Waals surface area contributed by atoms with Crippen LogP contribution in [0.15, 0.2) is 73.1 Å². The molecule has 1 heterocycles. The molecule has 2 unspecified atom stereocenters. The first kappa shape index (κ1) is 24.8. The molecule has 0 aliphatic rings. The Labute approximate surface area is 200 Å². The molecule has 0 spiro atoms. The van der Waals surface area contributed by atoms with Crippen molar-refractivity contribution in [2.75, 3.05) is 7.11 Å². The fraction of sp³-hybridized carbons (Fsp3) is 0.296. The topological polar surface area (TPSA) is 89.6 Å². The number of nitrogens with zero attached hydrogens (tertiary/aromatic N) is 1. The predicted octanol–water partition coefficient (Wildman–Crippen LogP) is 4.13. The minimum atomic E-state index is -0.637. The number of ether oxygens (including phenoxy) is 2. The van der Waals surface area contributed by atoms with Gasteiger partial charge >= 0.3 is 0 Å². The largest absolute Gasteiger partial charge is 0.493 e. The average Bonchev–Trinajstić information content (AvgIpc) is 2.89. The van der Waals surface area contributed by atoms with Gasteiger partial charge in [0.15, 0.2) is 11.5 Å². The van der Waals surface area contributed by atoms with E-state index in [1.54, 1.807) is 43.8 Å². The third-order valence-electron chi connectivity index (χ3n) is 5.66. The molecule has 7 nitrogen and oxygen atoms in total. The summed E-state index contributed by atoms with van der Waals surface area (Å²) in [6.07, 6.45) is 4.19. The molecule has 2 amide bonds. The number of carbonyl (C=O) groups is 2. The maximum atomic E-state index is 13.0. The normalized spacial score (nSPS) is 12.3. The van der Waals surface area contributed by atoms with Gasteiger partial charge in [-0.25, -0.2) is 0 Å². The third-order valence-corrected chi connectivity index (χ3v) is 5.66. The van der Waals surface area contributed by atoms with Crippen LogP contribution >= 0.6 is 0 Å². The van der Waals surface area contributed by atoms with Crippen molar-refractivity contribution in [1.82, 2.24) is 15.6 Å². The van der Waals surface area contributed by atoms with Crippen molar-refractivity contribution in [1.29, 1.82) is 0 Å². The van der Waals surface area contributed by atoms with Crippen LogP contribution in [0.1, 0.15) is 41.8 Å². The number of methoxy groups -OCH3 is 1. The van der Waals surface area contributed by atoms with Crippen molar-refractivity contribution in [3.05, 3.63) is 89.7 Å². The van der Waals surface area contributed by atoms with Crippen LogP contribution in [0.25, 0.3) is 0 Å². The zero-order valence-electron chi connectivity index (χ0n) is 19.8. The van der Waals surface area contributed by atoms with Crippen molar-refractivity contribution in [2.24, 2.45) is 5.92 Å². The van der Waals surface area contributed by atoms with Gasteiger partial charge in [-0.15, -0.1) is 0 Å². The van der Waals surface area contributed by atoms with Crippen molar-refractivity contribution in [2.45, 2.75) is 39.5 Å². The number of rotatable bonds is 11. The summed E-state index contributed by atoms with van der Waals surface area (Å²) < 4.78 is 11.4. The third kappa shape index (κ3) is 6.81. The fourth-order valence-electron chi connectivity index (χ4n) is 3.40. The van der Waals surface area contributed by atoms with Crippen LogP contribution in [0.4, 0.5) is 0 Å². The van der Waals surface area contributed by atoms with E-state index >= 15 is 0 Å². The smallest absolute Gasteiger partial charge is 0.251 e. The lowest BCUT2D eigenvalue weighted by atomic mass is 9.97. The minimum absolute atomic E-state index is 0.0221. The standard InChI is InChI=1S/C27H31N3O4/c1-4-19(2)25(30-26(31)22-8-6-5-7-9-22)27(32)29-17-21-10-11-23(24(16-21)33-3)34-18-20-12-14-28-15-13-20/h5-16,19,25H,4,17-18H2,1-3H3,(H,29,32)(H,30,31). The second-order valence-corrected chi connectivity index (χ2v) is 8.05. The second kappa shape index (κ2) is 12.4. The molecule has 3 rings (SSSR count). The summed E-state index contributed by atoms with van der Waals surface area (Å²) in [5.74, 6) is 0.679. The van der Waals surface area contributed by atoms with Crippen molar-refractivity contribution >= 4 is 11.8 Å². The van der Waals surface area contributed by atoms with Gasteiger partial charge in [0.05, 0.1) is 7.11 Å². The van der Waals surface area contributed by atoms with E-state index in [1.165, 1.54) is 0 Å². The van der Waals surface area contributed by atoms with E-state index in [4.69, 9.17) is 9.47 Å². The van der Waals surface area contributed by atoms with E-state index < -0.39 is 6.04 Å². The summed E-state index contributed by atoms with van der Waals surface area (Å²) in [7, 11) is 1.58. The molecule has 2 atom stereocenters. The number of carbonyl (C=O) groups excluding carboxylic acids is 2. The highest BCUT2D eigenvalue weighted by atomic mass is 16.5. The maximum absolute atomic E-state index is 13.0. The number of hydrogen-bond acceptors (Lipinski definition) is 5. The molecule has 0 bridgehead atoms. The first-order valence-corrected chi connectivity index (χ1v) is 11.3. The highest BCUT2D eigenvalue weighted by Gasteiger charge is 2.26. The van der Waals surface area contributed by atoms with E-state index in [1.807, 2.05) is 50.2 Å². The molecule has 0 aliphatic heterocycles. The first-order valence-electron chi connectivity index (χ1n) is 11.3. The number of benzene rings is 2. The van der Waals surface area contributed by atoms with Crippen molar-refractivity contribution in [3.63, 3.8) is 0 Å². The molecular formula is C27H31N3O4. The summed E-state index contributed by atoms with van der Waals surface area (Å²) >= 11 is 0. The number of aromatic nitrogens is 1. The number of nitrogens with one attached hydrogen (secondary N) is 2. The van der Waals surface area contributed by atoms with Gasteiger partial charge in [-0.05, 0) is 53.4 Å². The molecule has 0 saturated heterocycles. The van der Waals surface area contributed by atoms with E-state index in [9.17, 15) is 9.59 Å². The molecule has 178 valence electrons. The van der Waals surface area contributed by atoms with Gasteiger partial charge in [0, 0.05) is 24.5 Å². The summed E-state index contributed by atoms with van der Waals surface area (Å²) in [6.45, 7) is 4.64. The molecule has 3 aromatic rings. The van der Waals surface area contributed by atoms with Gasteiger partial charge in [-0.2, -0.15) is 0 Å². The molecule has 0 radical (unpaired) electrons. The Morgan fingerprint density at radius 2 is 1.71 bits per heavy atom. The zero-order chi connectivity index (χ0) is 24.3. The van der Waals surface area contributed by atoms with Gasteiger partial charge < -0.3 is 20.1 Å². The highest BCUT2D eigenvalue weighted by molar-refractivity contribution is 5.97. The van der Waals surface area contributed by atoms with Crippen LogP contribution in [0, 0.1) is 5.92 Å². The Hall–Kier alpha value is -3.87. The molecule has 2 N–H and O–H groups in total. The molecule has 34 heavy (non-hydrogen) atoms. The molecule has 0 fully saturated rings. The molecule has 0 saturated carbocycles. The monoisotopic (exact) mass is 461 g/mol. The zero-order valence-corrected chi connectivity index (χ0v) is 19.8. The summed E-state index contributed by atoms with van der Waals surface area (Å²) in [5.41, 5.74) is 2.39.